The number of non-ortho nitro benzene ring substituents is 1. The SMILES string of the molecule is O=[N+]([O-])c1ccc(S(=O)(=O)CCN2CCC2C2CC2)cc1. The van der Waals surface area contributed by atoms with Crippen molar-refractivity contribution in [1.82, 2.24) is 4.90 Å². The predicted molar refractivity (Wildman–Crippen MR) is 77.9 cm³/mol. The van der Waals surface area contributed by atoms with Gasteiger partial charge in [-0.05, 0) is 43.9 Å². The van der Waals surface area contributed by atoms with Gasteiger partial charge >= 0.3 is 0 Å². The highest BCUT2D eigenvalue weighted by atomic mass is 32.2. The van der Waals surface area contributed by atoms with E-state index in [9.17, 15) is 18.5 Å². The first-order chi connectivity index (χ1) is 9.97. The first kappa shape index (κ1) is 14.5. The van der Waals surface area contributed by atoms with Crippen LogP contribution in [0.15, 0.2) is 29.2 Å². The molecule has 1 saturated carbocycles. The third-order valence-corrected chi connectivity index (χ3v) is 6.11. The van der Waals surface area contributed by atoms with Crippen molar-refractivity contribution in [3.63, 3.8) is 0 Å². The minimum Gasteiger partial charge on any atom is -0.299 e. The molecular weight excluding hydrogens is 292 g/mol. The fraction of sp³-hybridized carbons (Fsp3) is 0.571. The molecule has 2 fully saturated rings. The van der Waals surface area contributed by atoms with Crippen LogP contribution in [0.1, 0.15) is 19.3 Å². The predicted octanol–water partition coefficient (Wildman–Crippen LogP) is 1.85. The summed E-state index contributed by atoms with van der Waals surface area (Å²) in [6.07, 6.45) is 3.73. The average molecular weight is 310 g/mol. The Morgan fingerprint density at radius 2 is 1.86 bits per heavy atom. The van der Waals surface area contributed by atoms with Crippen molar-refractivity contribution < 1.29 is 13.3 Å². The molecule has 1 aromatic carbocycles. The van der Waals surface area contributed by atoms with E-state index in [4.69, 9.17) is 0 Å². The molecule has 0 N–H and O–H groups in total. The molecule has 1 unspecified atom stereocenters. The van der Waals surface area contributed by atoms with E-state index in [0.29, 0.717) is 12.6 Å². The molecule has 1 heterocycles. The van der Waals surface area contributed by atoms with Crippen LogP contribution >= 0.6 is 0 Å². The van der Waals surface area contributed by atoms with E-state index in [0.717, 1.165) is 12.5 Å². The van der Waals surface area contributed by atoms with Crippen molar-refractivity contribution in [2.24, 2.45) is 5.92 Å². The standard InChI is InChI=1S/C14H18N2O4S/c17-16(18)12-3-5-13(6-4-12)21(19,20)10-9-15-8-7-14(15)11-1-2-11/h3-6,11,14H,1-2,7-10H2. The molecule has 1 aromatic rings. The molecule has 0 aromatic heterocycles. The zero-order chi connectivity index (χ0) is 15.0. The van der Waals surface area contributed by atoms with E-state index in [2.05, 4.69) is 4.90 Å². The number of hydrogen-bond acceptors (Lipinski definition) is 5. The van der Waals surface area contributed by atoms with Crippen LogP contribution in [0.25, 0.3) is 0 Å². The lowest BCUT2D eigenvalue weighted by Crippen LogP contribution is -2.50. The molecule has 2 aliphatic rings. The maximum atomic E-state index is 12.3. The number of benzene rings is 1. The molecule has 3 rings (SSSR count). The first-order valence-electron chi connectivity index (χ1n) is 7.18. The third kappa shape index (κ3) is 3.08. The van der Waals surface area contributed by atoms with E-state index < -0.39 is 14.8 Å². The van der Waals surface area contributed by atoms with Gasteiger partial charge in [0.25, 0.3) is 5.69 Å². The number of nitro groups is 1. The lowest BCUT2D eigenvalue weighted by molar-refractivity contribution is -0.384. The summed E-state index contributed by atoms with van der Waals surface area (Å²) in [4.78, 5) is 12.5. The van der Waals surface area contributed by atoms with Crippen LogP contribution in [-0.2, 0) is 9.84 Å². The van der Waals surface area contributed by atoms with Gasteiger partial charge in [0.2, 0.25) is 0 Å². The van der Waals surface area contributed by atoms with Crippen molar-refractivity contribution in [1.29, 1.82) is 0 Å². The highest BCUT2D eigenvalue weighted by Crippen LogP contribution is 2.40. The van der Waals surface area contributed by atoms with E-state index in [1.807, 2.05) is 0 Å². The molecule has 21 heavy (non-hydrogen) atoms. The molecule has 6 nitrogen and oxygen atoms in total. The van der Waals surface area contributed by atoms with E-state index >= 15 is 0 Å². The Hall–Kier alpha value is -1.47. The largest absolute Gasteiger partial charge is 0.299 e. The fourth-order valence-electron chi connectivity index (χ4n) is 2.88. The summed E-state index contributed by atoms with van der Waals surface area (Å²) in [5.74, 6) is 0.856. The van der Waals surface area contributed by atoms with E-state index in [1.165, 1.54) is 43.5 Å². The Bertz CT molecular complexity index is 637. The Morgan fingerprint density at radius 3 is 2.33 bits per heavy atom. The smallest absolute Gasteiger partial charge is 0.269 e. The van der Waals surface area contributed by atoms with Gasteiger partial charge in [0.15, 0.2) is 9.84 Å². The van der Waals surface area contributed by atoms with Gasteiger partial charge in [-0.2, -0.15) is 0 Å². The van der Waals surface area contributed by atoms with E-state index in [1.54, 1.807) is 0 Å². The van der Waals surface area contributed by atoms with Crippen LogP contribution in [0.2, 0.25) is 0 Å². The Morgan fingerprint density at radius 1 is 1.19 bits per heavy atom. The van der Waals surface area contributed by atoms with E-state index in [-0.39, 0.29) is 16.3 Å². The second-order valence-electron chi connectivity index (χ2n) is 5.80. The normalized spacial score (nSPS) is 22.8. The van der Waals surface area contributed by atoms with Gasteiger partial charge in [-0.15, -0.1) is 0 Å². The highest BCUT2D eigenvalue weighted by Gasteiger charge is 2.40. The number of sulfone groups is 1. The zero-order valence-corrected chi connectivity index (χ0v) is 12.5. The number of rotatable bonds is 6. The van der Waals surface area contributed by atoms with Crippen LogP contribution in [-0.4, -0.2) is 43.1 Å². The second kappa shape index (κ2) is 5.38. The van der Waals surface area contributed by atoms with Crippen LogP contribution in [0.5, 0.6) is 0 Å². The maximum absolute atomic E-state index is 12.3. The monoisotopic (exact) mass is 310 g/mol. The lowest BCUT2D eigenvalue weighted by Gasteiger charge is -2.41. The van der Waals surface area contributed by atoms with Gasteiger partial charge in [-0.3, -0.25) is 15.0 Å². The quantitative estimate of drug-likeness (QED) is 0.592. The van der Waals surface area contributed by atoms with Crippen molar-refractivity contribution in [3.05, 3.63) is 34.4 Å². The second-order valence-corrected chi connectivity index (χ2v) is 7.91. The first-order valence-corrected chi connectivity index (χ1v) is 8.84. The summed E-state index contributed by atoms with van der Waals surface area (Å²) < 4.78 is 24.5. The van der Waals surface area contributed by atoms with Crippen molar-refractivity contribution in [3.8, 4) is 0 Å². The third-order valence-electron chi connectivity index (χ3n) is 4.40. The Kier molecular flexibility index (Phi) is 3.71. The summed E-state index contributed by atoms with van der Waals surface area (Å²) in [6.45, 7) is 1.54. The summed E-state index contributed by atoms with van der Waals surface area (Å²) in [5.41, 5.74) is -0.0921. The topological polar surface area (TPSA) is 80.5 Å². The molecule has 0 radical (unpaired) electrons. The van der Waals surface area contributed by atoms with Gasteiger partial charge in [-0.25, -0.2) is 8.42 Å². The average Bonchev–Trinajstić information content (AvgIpc) is 3.22. The number of likely N-dealkylation sites (tertiary alicyclic amines) is 1. The Labute approximate surface area is 123 Å². The fourth-order valence-corrected chi connectivity index (χ4v) is 4.15. The minimum atomic E-state index is -3.37. The van der Waals surface area contributed by atoms with Gasteiger partial charge in [0.05, 0.1) is 15.6 Å². The number of nitrogens with zero attached hydrogens (tertiary/aromatic N) is 2. The van der Waals surface area contributed by atoms with Gasteiger partial charge in [0, 0.05) is 24.7 Å². The maximum Gasteiger partial charge on any atom is 0.269 e. The van der Waals surface area contributed by atoms with Crippen LogP contribution in [0.3, 0.4) is 0 Å². The number of hydrogen-bond donors (Lipinski definition) is 0. The molecule has 0 spiro atoms. The van der Waals surface area contributed by atoms with Crippen LogP contribution in [0, 0.1) is 16.0 Å². The van der Waals surface area contributed by atoms with Crippen LogP contribution in [0.4, 0.5) is 5.69 Å². The van der Waals surface area contributed by atoms with Gasteiger partial charge in [0.1, 0.15) is 0 Å². The summed E-state index contributed by atoms with van der Waals surface area (Å²) in [7, 11) is -3.37. The lowest BCUT2D eigenvalue weighted by atomic mass is 9.99. The minimum absolute atomic E-state index is 0.0774. The molecule has 114 valence electrons. The summed E-state index contributed by atoms with van der Waals surface area (Å²) in [6, 6.07) is 5.70. The van der Waals surface area contributed by atoms with Crippen molar-refractivity contribution in [2.75, 3.05) is 18.8 Å². The molecule has 0 amide bonds. The van der Waals surface area contributed by atoms with Gasteiger partial charge < -0.3 is 0 Å². The summed E-state index contributed by atoms with van der Waals surface area (Å²) >= 11 is 0. The molecule has 1 aliphatic carbocycles. The molecule has 0 bridgehead atoms. The zero-order valence-electron chi connectivity index (χ0n) is 11.6. The molecule has 1 aliphatic heterocycles. The molecule has 1 atom stereocenters. The molecular formula is C14H18N2O4S. The summed E-state index contributed by atoms with van der Waals surface area (Å²) in [5, 5.41) is 10.6. The van der Waals surface area contributed by atoms with Crippen LogP contribution < -0.4 is 0 Å². The molecule has 1 saturated heterocycles. The van der Waals surface area contributed by atoms with Crippen molar-refractivity contribution in [2.45, 2.75) is 30.2 Å². The highest BCUT2D eigenvalue weighted by molar-refractivity contribution is 7.91. The number of nitro benzene ring substituents is 1. The molecule has 7 heteroatoms. The van der Waals surface area contributed by atoms with Gasteiger partial charge in [-0.1, -0.05) is 0 Å². The Balaban J connectivity index is 1.62. The van der Waals surface area contributed by atoms with Crippen molar-refractivity contribution >= 4 is 15.5 Å².